The van der Waals surface area contributed by atoms with Gasteiger partial charge in [0.25, 0.3) is 0 Å². The molecule has 2 rings (SSSR count). The van der Waals surface area contributed by atoms with E-state index in [1.165, 1.54) is 18.2 Å². The molecule has 0 aliphatic carbocycles. The number of nitrogens with one attached hydrogen (secondary N) is 1. The van der Waals surface area contributed by atoms with Crippen molar-refractivity contribution in [3.63, 3.8) is 0 Å². The molecule has 4 nitrogen and oxygen atoms in total. The lowest BCUT2D eigenvalue weighted by atomic mass is 9.87. The van der Waals surface area contributed by atoms with E-state index in [4.69, 9.17) is 11.6 Å². The first-order valence-electron chi connectivity index (χ1n) is 8.35. The number of carbonyl (C=O) groups excluding carboxylic acids is 2. The second-order valence-corrected chi connectivity index (χ2v) is 7.17. The topological polar surface area (TPSA) is 49.4 Å². The average Bonchev–Trinajstić information content (AvgIpc) is 2.57. The molecule has 1 aromatic carbocycles. The Bertz CT molecular complexity index is 633. The molecule has 0 saturated carbocycles. The van der Waals surface area contributed by atoms with E-state index in [9.17, 15) is 14.0 Å². The van der Waals surface area contributed by atoms with Crippen molar-refractivity contribution in [2.45, 2.75) is 52.5 Å². The zero-order valence-electron chi connectivity index (χ0n) is 14.4. The number of amides is 2. The van der Waals surface area contributed by atoms with E-state index in [1.54, 1.807) is 13.8 Å². The Morgan fingerprint density at radius 3 is 2.71 bits per heavy atom. The van der Waals surface area contributed by atoms with E-state index in [2.05, 4.69) is 12.2 Å². The number of likely N-dealkylation sites (tertiary alicyclic amines) is 1. The van der Waals surface area contributed by atoms with Crippen molar-refractivity contribution in [2.75, 3.05) is 11.9 Å². The van der Waals surface area contributed by atoms with E-state index < -0.39 is 17.1 Å². The van der Waals surface area contributed by atoms with Crippen molar-refractivity contribution < 1.29 is 14.0 Å². The molecule has 1 aliphatic heterocycles. The number of anilines is 1. The quantitative estimate of drug-likeness (QED) is 0.822. The van der Waals surface area contributed by atoms with Crippen LogP contribution >= 0.6 is 11.6 Å². The van der Waals surface area contributed by atoms with Crippen LogP contribution in [0.1, 0.15) is 46.5 Å². The summed E-state index contributed by atoms with van der Waals surface area (Å²) in [6, 6.07) is 4.14. The largest absolute Gasteiger partial charge is 0.339 e. The summed E-state index contributed by atoms with van der Waals surface area (Å²) >= 11 is 5.73. The van der Waals surface area contributed by atoms with Crippen molar-refractivity contribution in [3.8, 4) is 0 Å². The fourth-order valence-corrected chi connectivity index (χ4v) is 3.19. The van der Waals surface area contributed by atoms with E-state index in [-0.39, 0.29) is 17.0 Å². The highest BCUT2D eigenvalue weighted by molar-refractivity contribution is 6.31. The molecule has 2 amide bonds. The molecule has 1 N–H and O–H groups in total. The minimum Gasteiger partial charge on any atom is -0.339 e. The van der Waals surface area contributed by atoms with Gasteiger partial charge < -0.3 is 10.2 Å². The van der Waals surface area contributed by atoms with Crippen LogP contribution in [0, 0.1) is 11.2 Å². The van der Waals surface area contributed by atoms with Crippen molar-refractivity contribution in [1.29, 1.82) is 0 Å². The zero-order chi connectivity index (χ0) is 17.9. The second kappa shape index (κ2) is 7.51. The van der Waals surface area contributed by atoms with Crippen molar-refractivity contribution >= 4 is 29.1 Å². The van der Waals surface area contributed by atoms with E-state index >= 15 is 0 Å². The molecule has 0 radical (unpaired) electrons. The molecular formula is C18H24ClFN2O2. The maximum absolute atomic E-state index is 13.2. The number of benzene rings is 1. The number of hydrogen-bond donors (Lipinski definition) is 1. The molecule has 1 fully saturated rings. The molecule has 0 bridgehead atoms. The summed E-state index contributed by atoms with van der Waals surface area (Å²) in [4.78, 5) is 27.4. The molecule has 0 aromatic heterocycles. The van der Waals surface area contributed by atoms with E-state index in [1.807, 2.05) is 4.90 Å². The van der Waals surface area contributed by atoms with Crippen molar-refractivity contribution in [3.05, 3.63) is 29.0 Å². The van der Waals surface area contributed by atoms with Crippen LogP contribution < -0.4 is 5.32 Å². The highest BCUT2D eigenvalue weighted by atomic mass is 35.5. The lowest BCUT2D eigenvalue weighted by Gasteiger charge is -2.39. The summed E-state index contributed by atoms with van der Waals surface area (Å²) in [7, 11) is 0. The van der Waals surface area contributed by atoms with E-state index in [0.717, 1.165) is 25.7 Å². The van der Waals surface area contributed by atoms with Crippen LogP contribution in [0.2, 0.25) is 5.02 Å². The smallest absolute Gasteiger partial charge is 0.239 e. The first-order valence-corrected chi connectivity index (χ1v) is 8.72. The molecule has 132 valence electrons. The Labute approximate surface area is 147 Å². The third-order valence-electron chi connectivity index (χ3n) is 4.64. The SMILES string of the molecule is CCC1CCCCN1C(=O)C(C)(C)C(=O)Nc1ccc(F)c(Cl)c1. The fraction of sp³-hybridized carbons (Fsp3) is 0.556. The Morgan fingerprint density at radius 1 is 1.38 bits per heavy atom. The maximum Gasteiger partial charge on any atom is 0.239 e. The van der Waals surface area contributed by atoms with Gasteiger partial charge in [0.05, 0.1) is 5.02 Å². The number of carbonyl (C=O) groups is 2. The summed E-state index contributed by atoms with van der Waals surface area (Å²) in [5.74, 6) is -1.14. The van der Waals surface area contributed by atoms with Gasteiger partial charge in [0.2, 0.25) is 11.8 Å². The van der Waals surface area contributed by atoms with Crippen molar-refractivity contribution in [2.24, 2.45) is 5.41 Å². The molecule has 24 heavy (non-hydrogen) atoms. The van der Waals surface area contributed by atoms with Gasteiger partial charge in [0.15, 0.2) is 0 Å². The molecule has 1 atom stereocenters. The number of halogens is 2. The summed E-state index contributed by atoms with van der Waals surface area (Å²) in [6.07, 6.45) is 3.95. The number of rotatable bonds is 4. The molecule has 1 aliphatic rings. The van der Waals surface area contributed by atoms with Gasteiger partial charge in [-0.3, -0.25) is 9.59 Å². The fourth-order valence-electron chi connectivity index (χ4n) is 3.01. The Morgan fingerprint density at radius 2 is 2.08 bits per heavy atom. The minimum absolute atomic E-state index is 0.0704. The van der Waals surface area contributed by atoms with Gasteiger partial charge in [-0.05, 0) is 57.7 Å². The van der Waals surface area contributed by atoms with Crippen LogP contribution in [0.5, 0.6) is 0 Å². The van der Waals surface area contributed by atoms with Gasteiger partial charge in [-0.15, -0.1) is 0 Å². The number of hydrogen-bond acceptors (Lipinski definition) is 2. The summed E-state index contributed by atoms with van der Waals surface area (Å²) in [5.41, 5.74) is -0.830. The standard InChI is InChI=1S/C18H24ClFN2O2/c1-4-13-7-5-6-10-22(13)17(24)18(2,3)16(23)21-12-8-9-15(20)14(19)11-12/h8-9,11,13H,4-7,10H2,1-3H3,(H,21,23). The monoisotopic (exact) mass is 354 g/mol. The zero-order valence-corrected chi connectivity index (χ0v) is 15.1. The second-order valence-electron chi connectivity index (χ2n) is 6.76. The predicted octanol–water partition coefficient (Wildman–Crippen LogP) is 4.23. The highest BCUT2D eigenvalue weighted by Crippen LogP contribution is 2.28. The molecule has 1 saturated heterocycles. The van der Waals surface area contributed by atoms with Gasteiger partial charge in [-0.25, -0.2) is 4.39 Å². The molecule has 1 heterocycles. The summed E-state index contributed by atoms with van der Waals surface area (Å²) in [5, 5.41) is 2.60. The predicted molar refractivity (Wildman–Crippen MR) is 93.5 cm³/mol. The van der Waals surface area contributed by atoms with Gasteiger partial charge in [0.1, 0.15) is 11.2 Å². The first kappa shape index (κ1) is 18.7. The van der Waals surface area contributed by atoms with Crippen LogP contribution in [-0.2, 0) is 9.59 Å². The van der Waals surface area contributed by atoms with E-state index in [0.29, 0.717) is 12.2 Å². The molecule has 0 spiro atoms. The lowest BCUT2D eigenvalue weighted by Crippen LogP contribution is -2.52. The van der Waals surface area contributed by atoms with Gasteiger partial charge in [-0.2, -0.15) is 0 Å². The number of piperidine rings is 1. The third kappa shape index (κ3) is 3.89. The lowest BCUT2D eigenvalue weighted by molar-refractivity contribution is -0.149. The average molecular weight is 355 g/mol. The molecular weight excluding hydrogens is 331 g/mol. The van der Waals surface area contributed by atoms with Gasteiger partial charge >= 0.3 is 0 Å². The van der Waals surface area contributed by atoms with Crippen LogP contribution in [0.15, 0.2) is 18.2 Å². The van der Waals surface area contributed by atoms with Crippen LogP contribution in [0.25, 0.3) is 0 Å². The first-order chi connectivity index (χ1) is 11.3. The summed E-state index contributed by atoms with van der Waals surface area (Å²) in [6.45, 7) is 5.99. The van der Waals surface area contributed by atoms with Crippen molar-refractivity contribution in [1.82, 2.24) is 4.90 Å². The van der Waals surface area contributed by atoms with Crippen LogP contribution in [0.4, 0.5) is 10.1 Å². The Hall–Kier alpha value is -1.62. The summed E-state index contributed by atoms with van der Waals surface area (Å²) < 4.78 is 13.2. The van der Waals surface area contributed by atoms with Crippen LogP contribution in [-0.4, -0.2) is 29.3 Å². The van der Waals surface area contributed by atoms with Crippen LogP contribution in [0.3, 0.4) is 0 Å². The van der Waals surface area contributed by atoms with Gasteiger partial charge in [-0.1, -0.05) is 18.5 Å². The number of nitrogens with zero attached hydrogens (tertiary/aromatic N) is 1. The maximum atomic E-state index is 13.2. The highest BCUT2D eigenvalue weighted by Gasteiger charge is 2.41. The minimum atomic E-state index is -1.20. The molecule has 6 heteroatoms. The molecule has 1 unspecified atom stereocenters. The Balaban J connectivity index is 2.13. The third-order valence-corrected chi connectivity index (χ3v) is 4.93. The molecule has 1 aromatic rings. The van der Waals surface area contributed by atoms with Gasteiger partial charge in [0, 0.05) is 18.3 Å². The normalized spacial score (nSPS) is 18.4. The Kier molecular flexibility index (Phi) is 5.86.